The van der Waals surface area contributed by atoms with E-state index in [9.17, 15) is 9.59 Å². The van der Waals surface area contributed by atoms with E-state index in [2.05, 4.69) is 5.10 Å². The molecule has 3 aromatic heterocycles. The Morgan fingerprint density at radius 1 is 1.11 bits per heavy atom. The molecule has 1 aromatic carbocycles. The molecule has 0 bridgehead atoms. The molecule has 2 fully saturated rings. The van der Waals surface area contributed by atoms with E-state index in [0.717, 1.165) is 37.0 Å². The fourth-order valence-electron chi connectivity index (χ4n) is 5.89. The molecule has 36 heavy (non-hydrogen) atoms. The number of benzene rings is 1. The quantitative estimate of drug-likeness (QED) is 0.382. The van der Waals surface area contributed by atoms with E-state index in [4.69, 9.17) is 14.1 Å². The third-order valence-corrected chi connectivity index (χ3v) is 7.59. The lowest BCUT2D eigenvalue weighted by Crippen LogP contribution is -2.46. The van der Waals surface area contributed by atoms with Crippen molar-refractivity contribution in [3.05, 3.63) is 72.3 Å². The minimum atomic E-state index is -0.572. The van der Waals surface area contributed by atoms with E-state index in [1.165, 1.54) is 7.11 Å². The minimum absolute atomic E-state index is 0.0388. The highest BCUT2D eigenvalue weighted by Gasteiger charge is 2.48. The van der Waals surface area contributed by atoms with Gasteiger partial charge in [0.25, 0.3) is 5.91 Å². The van der Waals surface area contributed by atoms with Crippen molar-refractivity contribution in [1.29, 1.82) is 0 Å². The van der Waals surface area contributed by atoms with Crippen LogP contribution >= 0.6 is 0 Å². The lowest BCUT2D eigenvalue weighted by atomic mass is 9.84. The SMILES string of the molecule is COC(=O)C1CC2CCCCC2N1C(=O)c1cc(-c2ccccc2)nc2c1cnn2Cc1ccco1. The molecule has 184 valence electrons. The van der Waals surface area contributed by atoms with Crippen molar-refractivity contribution in [1.82, 2.24) is 19.7 Å². The molecule has 1 saturated heterocycles. The molecule has 0 N–H and O–H groups in total. The summed E-state index contributed by atoms with van der Waals surface area (Å²) in [5.74, 6) is 0.552. The number of carbonyl (C=O) groups excluding carboxylic acids is 2. The van der Waals surface area contributed by atoms with Crippen LogP contribution in [0.25, 0.3) is 22.3 Å². The molecule has 6 rings (SSSR count). The molecule has 8 heteroatoms. The molecule has 4 heterocycles. The number of rotatable bonds is 5. The second-order valence-corrected chi connectivity index (χ2v) is 9.64. The predicted molar refractivity (Wildman–Crippen MR) is 133 cm³/mol. The van der Waals surface area contributed by atoms with E-state index < -0.39 is 6.04 Å². The Labute approximate surface area is 208 Å². The number of fused-ring (bicyclic) bond motifs is 2. The van der Waals surface area contributed by atoms with Crippen molar-refractivity contribution in [2.75, 3.05) is 7.11 Å². The number of nitrogens with zero attached hydrogens (tertiary/aromatic N) is 4. The zero-order chi connectivity index (χ0) is 24.6. The average Bonchev–Trinajstić information content (AvgIpc) is 3.67. The van der Waals surface area contributed by atoms with Crippen molar-refractivity contribution in [2.24, 2.45) is 5.92 Å². The third kappa shape index (κ3) is 3.86. The first-order valence-corrected chi connectivity index (χ1v) is 12.5. The lowest BCUT2D eigenvalue weighted by Gasteiger charge is -2.33. The lowest BCUT2D eigenvalue weighted by molar-refractivity contribution is -0.145. The van der Waals surface area contributed by atoms with E-state index in [1.807, 2.05) is 48.5 Å². The Bertz CT molecular complexity index is 1400. The number of methoxy groups -OCH3 is 1. The van der Waals surface area contributed by atoms with Gasteiger partial charge >= 0.3 is 5.97 Å². The summed E-state index contributed by atoms with van der Waals surface area (Å²) in [5.41, 5.74) is 2.69. The maximum Gasteiger partial charge on any atom is 0.328 e. The maximum absolute atomic E-state index is 14.3. The number of carbonyl (C=O) groups is 2. The number of hydrogen-bond donors (Lipinski definition) is 0. The number of hydrogen-bond acceptors (Lipinski definition) is 6. The van der Waals surface area contributed by atoms with Crippen molar-refractivity contribution in [2.45, 2.75) is 50.7 Å². The summed E-state index contributed by atoms with van der Waals surface area (Å²) >= 11 is 0. The van der Waals surface area contributed by atoms with Gasteiger partial charge in [0.05, 0.1) is 36.2 Å². The fourth-order valence-corrected chi connectivity index (χ4v) is 5.89. The van der Waals surface area contributed by atoms with Crippen molar-refractivity contribution < 1.29 is 18.7 Å². The summed E-state index contributed by atoms with van der Waals surface area (Å²) < 4.78 is 12.4. The first-order chi connectivity index (χ1) is 17.6. The zero-order valence-corrected chi connectivity index (χ0v) is 20.2. The number of aromatic nitrogens is 3. The van der Waals surface area contributed by atoms with Gasteiger partial charge in [-0.05, 0) is 43.4 Å². The van der Waals surface area contributed by atoms with Crippen molar-refractivity contribution in [3.63, 3.8) is 0 Å². The number of amides is 1. The van der Waals surface area contributed by atoms with Crippen LogP contribution in [0, 0.1) is 5.92 Å². The first-order valence-electron chi connectivity index (χ1n) is 12.5. The topological polar surface area (TPSA) is 90.5 Å². The molecular weight excluding hydrogens is 456 g/mol. The monoisotopic (exact) mass is 484 g/mol. The molecule has 3 atom stereocenters. The Morgan fingerprint density at radius 3 is 2.72 bits per heavy atom. The third-order valence-electron chi connectivity index (χ3n) is 7.59. The summed E-state index contributed by atoms with van der Waals surface area (Å²) in [6, 6.07) is 14.8. The van der Waals surface area contributed by atoms with Gasteiger partial charge in [0.15, 0.2) is 5.65 Å². The van der Waals surface area contributed by atoms with Crippen LogP contribution in [0.5, 0.6) is 0 Å². The summed E-state index contributed by atoms with van der Waals surface area (Å²) in [5, 5.41) is 5.22. The van der Waals surface area contributed by atoms with E-state index in [1.54, 1.807) is 22.0 Å². The Balaban J connectivity index is 1.48. The van der Waals surface area contributed by atoms with Crippen LogP contribution in [0.2, 0.25) is 0 Å². The molecule has 1 amide bonds. The normalized spacial score (nSPS) is 21.5. The zero-order valence-electron chi connectivity index (χ0n) is 20.2. The first kappa shape index (κ1) is 22.5. The molecule has 0 spiro atoms. The summed E-state index contributed by atoms with van der Waals surface area (Å²) in [6.45, 7) is 0.397. The van der Waals surface area contributed by atoms with Gasteiger partial charge in [0, 0.05) is 11.6 Å². The van der Waals surface area contributed by atoms with Crippen LogP contribution in [0.1, 0.15) is 48.2 Å². The molecule has 3 unspecified atom stereocenters. The van der Waals surface area contributed by atoms with Gasteiger partial charge < -0.3 is 14.1 Å². The molecule has 0 radical (unpaired) electrons. The Kier molecular flexibility index (Phi) is 5.79. The number of likely N-dealkylation sites (tertiary alicyclic amines) is 1. The van der Waals surface area contributed by atoms with Gasteiger partial charge in [-0.2, -0.15) is 5.10 Å². The largest absolute Gasteiger partial charge is 0.467 e. The van der Waals surface area contributed by atoms with Gasteiger partial charge in [-0.1, -0.05) is 43.2 Å². The van der Waals surface area contributed by atoms with Gasteiger partial charge in [-0.3, -0.25) is 4.79 Å². The van der Waals surface area contributed by atoms with Gasteiger partial charge in [-0.25, -0.2) is 14.5 Å². The fraction of sp³-hybridized carbons (Fsp3) is 0.357. The van der Waals surface area contributed by atoms with E-state index >= 15 is 0 Å². The molecule has 1 aliphatic carbocycles. The van der Waals surface area contributed by atoms with Crippen LogP contribution in [-0.2, 0) is 16.1 Å². The standard InChI is InChI=1S/C28H28N4O4/c1-35-28(34)25-14-19-10-5-6-12-24(19)32(25)27(33)21-15-23(18-8-3-2-4-9-18)30-26-22(21)16-29-31(26)17-20-11-7-13-36-20/h2-4,7-9,11,13,15-16,19,24-25H,5-6,10,12,14,17H2,1H3. The van der Waals surface area contributed by atoms with Crippen molar-refractivity contribution in [3.8, 4) is 11.3 Å². The van der Waals surface area contributed by atoms with Gasteiger partial charge in [0.2, 0.25) is 0 Å². The highest BCUT2D eigenvalue weighted by Crippen LogP contribution is 2.41. The molecule has 1 saturated carbocycles. The summed E-state index contributed by atoms with van der Waals surface area (Å²) in [4.78, 5) is 33.8. The van der Waals surface area contributed by atoms with E-state index in [-0.39, 0.29) is 17.9 Å². The summed E-state index contributed by atoms with van der Waals surface area (Å²) in [6.07, 6.45) is 8.09. The molecule has 8 nitrogen and oxygen atoms in total. The molecular formula is C28H28N4O4. The maximum atomic E-state index is 14.3. The average molecular weight is 485 g/mol. The van der Waals surface area contributed by atoms with Gasteiger partial charge in [0.1, 0.15) is 18.3 Å². The Hall–Kier alpha value is -3.94. The number of furan rings is 1. The molecule has 1 aliphatic heterocycles. The highest BCUT2D eigenvalue weighted by molar-refractivity contribution is 6.08. The smallest absolute Gasteiger partial charge is 0.328 e. The second-order valence-electron chi connectivity index (χ2n) is 9.64. The van der Waals surface area contributed by atoms with Crippen LogP contribution < -0.4 is 0 Å². The number of pyridine rings is 1. The Morgan fingerprint density at radius 2 is 1.94 bits per heavy atom. The van der Waals surface area contributed by atoms with Crippen LogP contribution in [0.3, 0.4) is 0 Å². The summed E-state index contributed by atoms with van der Waals surface area (Å²) in [7, 11) is 1.39. The number of esters is 1. The van der Waals surface area contributed by atoms with Crippen LogP contribution in [-0.4, -0.2) is 50.7 Å². The van der Waals surface area contributed by atoms with Crippen LogP contribution in [0.15, 0.2) is 65.4 Å². The van der Waals surface area contributed by atoms with Crippen LogP contribution in [0.4, 0.5) is 0 Å². The molecule has 2 aliphatic rings. The minimum Gasteiger partial charge on any atom is -0.467 e. The second kappa shape index (κ2) is 9.26. The molecule has 4 aromatic rings. The van der Waals surface area contributed by atoms with E-state index in [0.29, 0.717) is 41.2 Å². The highest BCUT2D eigenvalue weighted by atomic mass is 16.5. The van der Waals surface area contributed by atoms with Gasteiger partial charge in [-0.15, -0.1) is 0 Å². The van der Waals surface area contributed by atoms with Crippen molar-refractivity contribution >= 4 is 22.9 Å². The predicted octanol–water partition coefficient (Wildman–Crippen LogP) is 4.69. The number of ether oxygens (including phenoxy) is 1.